The van der Waals surface area contributed by atoms with Crippen molar-refractivity contribution < 1.29 is 9.72 Å². The molecule has 0 radical (unpaired) electrons. The molecule has 6 heteroatoms. The fourth-order valence-electron chi connectivity index (χ4n) is 2.15. The molecule has 116 valence electrons. The molecule has 21 heavy (non-hydrogen) atoms. The zero-order chi connectivity index (χ0) is 16.0. The Morgan fingerprint density at radius 2 is 2.05 bits per heavy atom. The highest BCUT2D eigenvalue weighted by Gasteiger charge is 2.19. The number of carbonyl (C=O) groups excluding carboxylic acids is 1. The van der Waals surface area contributed by atoms with Crippen molar-refractivity contribution in [2.45, 2.75) is 39.2 Å². The zero-order valence-electron chi connectivity index (χ0n) is 13.0. The molecule has 1 N–H and O–H groups in total. The van der Waals surface area contributed by atoms with Crippen LogP contribution in [0.4, 0.5) is 11.4 Å². The quantitative estimate of drug-likeness (QED) is 0.618. The number of hydrogen-bond acceptors (Lipinski definition) is 4. The summed E-state index contributed by atoms with van der Waals surface area (Å²) in [6.45, 7) is 4.11. The average molecular weight is 293 g/mol. The molecule has 6 nitrogen and oxygen atoms in total. The number of nitro groups is 1. The van der Waals surface area contributed by atoms with Crippen LogP contribution >= 0.6 is 0 Å². The van der Waals surface area contributed by atoms with E-state index in [2.05, 4.69) is 12.2 Å². The Morgan fingerprint density at radius 1 is 1.38 bits per heavy atom. The van der Waals surface area contributed by atoms with Crippen LogP contribution in [0.1, 0.15) is 43.5 Å². The summed E-state index contributed by atoms with van der Waals surface area (Å²) in [5.74, 6) is -0.170. The lowest BCUT2D eigenvalue weighted by molar-refractivity contribution is -0.384. The molecule has 1 rings (SSSR count). The highest BCUT2D eigenvalue weighted by molar-refractivity contribution is 5.95. The SMILES string of the molecule is CCCC(CC)Nc1cc(C(=O)N(C)C)ccc1[N+](=O)[O-]. The molecule has 1 aromatic rings. The maximum Gasteiger partial charge on any atom is 0.292 e. The summed E-state index contributed by atoms with van der Waals surface area (Å²) in [7, 11) is 3.31. The van der Waals surface area contributed by atoms with Crippen molar-refractivity contribution in [3.05, 3.63) is 33.9 Å². The molecule has 1 amide bonds. The van der Waals surface area contributed by atoms with Crippen LogP contribution in [0.2, 0.25) is 0 Å². The van der Waals surface area contributed by atoms with Gasteiger partial charge in [-0.15, -0.1) is 0 Å². The van der Waals surface area contributed by atoms with E-state index < -0.39 is 4.92 Å². The summed E-state index contributed by atoms with van der Waals surface area (Å²) in [6, 6.07) is 4.61. The van der Waals surface area contributed by atoms with E-state index in [0.29, 0.717) is 11.3 Å². The first-order valence-electron chi connectivity index (χ1n) is 7.17. The Balaban J connectivity index is 3.15. The average Bonchev–Trinajstić information content (AvgIpc) is 2.45. The molecule has 0 saturated carbocycles. The van der Waals surface area contributed by atoms with Crippen molar-refractivity contribution in [1.82, 2.24) is 4.90 Å². The van der Waals surface area contributed by atoms with Gasteiger partial charge in [0.1, 0.15) is 5.69 Å². The molecule has 0 heterocycles. The lowest BCUT2D eigenvalue weighted by atomic mass is 10.1. The van der Waals surface area contributed by atoms with Crippen molar-refractivity contribution in [3.63, 3.8) is 0 Å². The minimum Gasteiger partial charge on any atom is -0.377 e. The molecule has 0 saturated heterocycles. The Hall–Kier alpha value is -2.11. The smallest absolute Gasteiger partial charge is 0.292 e. The summed E-state index contributed by atoms with van der Waals surface area (Å²) < 4.78 is 0. The number of nitrogens with one attached hydrogen (secondary N) is 1. The number of anilines is 1. The molecular weight excluding hydrogens is 270 g/mol. The first-order valence-corrected chi connectivity index (χ1v) is 7.17. The monoisotopic (exact) mass is 293 g/mol. The van der Waals surface area contributed by atoms with Gasteiger partial charge >= 0.3 is 0 Å². The zero-order valence-corrected chi connectivity index (χ0v) is 13.0. The topological polar surface area (TPSA) is 75.5 Å². The van der Waals surface area contributed by atoms with Crippen LogP contribution in [0.25, 0.3) is 0 Å². The van der Waals surface area contributed by atoms with Crippen LogP contribution in [-0.4, -0.2) is 35.9 Å². The van der Waals surface area contributed by atoms with E-state index in [0.717, 1.165) is 19.3 Å². The largest absolute Gasteiger partial charge is 0.377 e. The molecule has 0 aliphatic heterocycles. The maximum atomic E-state index is 12.0. The molecular formula is C15H23N3O3. The lowest BCUT2D eigenvalue weighted by Crippen LogP contribution is -2.23. The number of nitrogens with zero attached hydrogens (tertiary/aromatic N) is 2. The van der Waals surface area contributed by atoms with Gasteiger partial charge in [0, 0.05) is 31.8 Å². The predicted molar refractivity (Wildman–Crippen MR) is 83.7 cm³/mol. The van der Waals surface area contributed by atoms with Crippen LogP contribution in [0.15, 0.2) is 18.2 Å². The van der Waals surface area contributed by atoms with E-state index in [1.807, 2.05) is 6.92 Å². The molecule has 0 aromatic heterocycles. The number of benzene rings is 1. The van der Waals surface area contributed by atoms with Crippen LogP contribution in [0.3, 0.4) is 0 Å². The highest BCUT2D eigenvalue weighted by atomic mass is 16.6. The number of nitro benzene ring substituents is 1. The lowest BCUT2D eigenvalue weighted by Gasteiger charge is -2.18. The van der Waals surface area contributed by atoms with Crippen molar-refractivity contribution in [2.75, 3.05) is 19.4 Å². The molecule has 0 spiro atoms. The fourth-order valence-corrected chi connectivity index (χ4v) is 2.15. The number of carbonyl (C=O) groups is 1. The predicted octanol–water partition coefficient (Wildman–Crippen LogP) is 3.29. The first-order chi connectivity index (χ1) is 9.90. The molecule has 0 aliphatic carbocycles. The van der Waals surface area contributed by atoms with E-state index in [1.165, 1.54) is 17.0 Å². The third kappa shape index (κ3) is 4.44. The van der Waals surface area contributed by atoms with Crippen LogP contribution < -0.4 is 5.32 Å². The van der Waals surface area contributed by atoms with Gasteiger partial charge in [-0.2, -0.15) is 0 Å². The van der Waals surface area contributed by atoms with Crippen molar-refractivity contribution >= 4 is 17.3 Å². The van der Waals surface area contributed by atoms with Gasteiger partial charge in [0.2, 0.25) is 0 Å². The van der Waals surface area contributed by atoms with Crippen molar-refractivity contribution in [1.29, 1.82) is 0 Å². The van der Waals surface area contributed by atoms with Crippen LogP contribution in [0.5, 0.6) is 0 Å². The number of rotatable bonds is 7. The van der Waals surface area contributed by atoms with E-state index in [4.69, 9.17) is 0 Å². The van der Waals surface area contributed by atoms with E-state index in [9.17, 15) is 14.9 Å². The molecule has 0 bridgehead atoms. The van der Waals surface area contributed by atoms with Crippen LogP contribution in [0, 0.1) is 10.1 Å². The Bertz CT molecular complexity index is 515. The maximum absolute atomic E-state index is 12.0. The van der Waals surface area contributed by atoms with Gasteiger partial charge in [0.15, 0.2) is 0 Å². The van der Waals surface area contributed by atoms with Crippen LogP contribution in [-0.2, 0) is 0 Å². The highest BCUT2D eigenvalue weighted by Crippen LogP contribution is 2.27. The second-order valence-electron chi connectivity index (χ2n) is 5.23. The van der Waals surface area contributed by atoms with Gasteiger partial charge in [-0.1, -0.05) is 20.3 Å². The van der Waals surface area contributed by atoms with E-state index >= 15 is 0 Å². The summed E-state index contributed by atoms with van der Waals surface area (Å²) >= 11 is 0. The second-order valence-corrected chi connectivity index (χ2v) is 5.23. The first kappa shape index (κ1) is 16.9. The summed E-state index contributed by atoms with van der Waals surface area (Å²) in [6.07, 6.45) is 2.80. The summed E-state index contributed by atoms with van der Waals surface area (Å²) in [5.41, 5.74) is 0.854. The fraction of sp³-hybridized carbons (Fsp3) is 0.533. The molecule has 1 aromatic carbocycles. The number of hydrogen-bond donors (Lipinski definition) is 1. The molecule has 1 unspecified atom stereocenters. The third-order valence-electron chi connectivity index (χ3n) is 3.34. The van der Waals surface area contributed by atoms with Gasteiger partial charge in [0.25, 0.3) is 11.6 Å². The minimum absolute atomic E-state index is 0.000130. The summed E-state index contributed by atoms with van der Waals surface area (Å²) in [5, 5.41) is 14.3. The molecule has 0 aliphatic rings. The van der Waals surface area contributed by atoms with E-state index in [-0.39, 0.29) is 17.6 Å². The van der Waals surface area contributed by atoms with Gasteiger partial charge in [0.05, 0.1) is 4.92 Å². The van der Waals surface area contributed by atoms with Gasteiger partial charge in [-0.3, -0.25) is 14.9 Å². The Labute approximate surface area is 125 Å². The van der Waals surface area contributed by atoms with Gasteiger partial charge < -0.3 is 10.2 Å². The number of amides is 1. The van der Waals surface area contributed by atoms with Crippen molar-refractivity contribution in [3.8, 4) is 0 Å². The molecule has 0 fully saturated rings. The van der Waals surface area contributed by atoms with Crippen molar-refractivity contribution in [2.24, 2.45) is 0 Å². The molecule has 1 atom stereocenters. The Morgan fingerprint density at radius 3 is 2.52 bits per heavy atom. The third-order valence-corrected chi connectivity index (χ3v) is 3.34. The minimum atomic E-state index is -0.426. The van der Waals surface area contributed by atoms with E-state index in [1.54, 1.807) is 20.2 Å². The van der Waals surface area contributed by atoms with Gasteiger partial charge in [-0.05, 0) is 25.0 Å². The standard InChI is InChI=1S/C15H23N3O3/c1-5-7-12(6-2)16-13-10-11(15(19)17(3)4)8-9-14(13)18(20)21/h8-10,12,16H,5-7H2,1-4H3. The normalized spacial score (nSPS) is 11.8. The summed E-state index contributed by atoms with van der Waals surface area (Å²) in [4.78, 5) is 24.1. The van der Waals surface area contributed by atoms with Gasteiger partial charge in [-0.25, -0.2) is 0 Å². The second kappa shape index (κ2) is 7.61. The Kier molecular flexibility index (Phi) is 6.14.